The van der Waals surface area contributed by atoms with E-state index in [9.17, 15) is 0 Å². The summed E-state index contributed by atoms with van der Waals surface area (Å²) in [5.41, 5.74) is 16.0. The van der Waals surface area contributed by atoms with Gasteiger partial charge in [0.25, 0.3) is 0 Å². The Morgan fingerprint density at radius 2 is 1.91 bits per heavy atom. The summed E-state index contributed by atoms with van der Waals surface area (Å²) in [6, 6.07) is 11.8. The van der Waals surface area contributed by atoms with Crippen LogP contribution in [0.5, 0.6) is 0 Å². The highest BCUT2D eigenvalue weighted by molar-refractivity contribution is 5.86. The number of rotatable bonds is 8. The summed E-state index contributed by atoms with van der Waals surface area (Å²) in [6.45, 7) is 0.881. The smallest absolute Gasteiger partial charge is 0.165 e. The maximum Gasteiger partial charge on any atom is 0.165 e. The third kappa shape index (κ3) is 4.38. The fourth-order valence-electron chi connectivity index (χ4n) is 4.79. The number of anilines is 1. The molecule has 1 fully saturated rings. The molecule has 0 bridgehead atoms. The Hall–Kier alpha value is -3.76. The van der Waals surface area contributed by atoms with Crippen molar-refractivity contribution in [2.45, 2.75) is 37.2 Å². The first-order valence-electron chi connectivity index (χ1n) is 11.7. The Kier molecular flexibility index (Phi) is 6.23. The number of hydrogen-bond acceptors (Lipinski definition) is 7. The number of nitrogens with zero attached hydrogens (tertiary/aromatic N) is 5. The molecule has 1 saturated carbocycles. The predicted octanol–water partition coefficient (Wildman–Crippen LogP) is 3.16. The number of fused-ring (bicyclic) bond motifs is 1. The lowest BCUT2D eigenvalue weighted by Crippen LogP contribution is -2.48. The number of benzene rings is 1. The van der Waals surface area contributed by atoms with Crippen LogP contribution in [-0.2, 0) is 9.47 Å². The topological polar surface area (TPSA) is 142 Å². The van der Waals surface area contributed by atoms with E-state index in [1.165, 1.54) is 0 Å². The van der Waals surface area contributed by atoms with Crippen LogP contribution in [0.1, 0.15) is 37.3 Å². The van der Waals surface area contributed by atoms with Gasteiger partial charge in [0, 0.05) is 42.1 Å². The minimum absolute atomic E-state index is 0.0727. The van der Waals surface area contributed by atoms with Gasteiger partial charge >= 0.3 is 0 Å². The summed E-state index contributed by atoms with van der Waals surface area (Å²) in [5.74, 6) is 0.797. The van der Waals surface area contributed by atoms with E-state index in [0.29, 0.717) is 37.5 Å². The third-order valence-corrected chi connectivity index (χ3v) is 6.80. The second-order valence-electron chi connectivity index (χ2n) is 8.93. The van der Waals surface area contributed by atoms with Gasteiger partial charge in [0.2, 0.25) is 0 Å². The van der Waals surface area contributed by atoms with Crippen LogP contribution in [0.4, 0.5) is 5.82 Å². The summed E-state index contributed by atoms with van der Waals surface area (Å²) in [4.78, 5) is 4.98. The highest BCUT2D eigenvalue weighted by atomic mass is 16.5. The van der Waals surface area contributed by atoms with Crippen molar-refractivity contribution in [3.05, 3.63) is 60.7 Å². The summed E-state index contributed by atoms with van der Waals surface area (Å²) in [6.07, 6.45) is 8.46. The molecule has 1 aliphatic carbocycles. The molecule has 3 heterocycles. The van der Waals surface area contributed by atoms with Gasteiger partial charge in [0.15, 0.2) is 5.65 Å². The SMILES string of the molecule is COCCOC1(C(=N)N)CCC(c2cc(N)n3ncc(-c4cnn(-c5ccccc5)c4)c3n2)CC1. The molecule has 0 aliphatic heterocycles. The number of nitrogens with one attached hydrogen (secondary N) is 1. The molecule has 0 atom stereocenters. The molecule has 0 amide bonds. The summed E-state index contributed by atoms with van der Waals surface area (Å²) in [5, 5.41) is 17.1. The molecule has 35 heavy (non-hydrogen) atoms. The first-order chi connectivity index (χ1) is 17.0. The number of aromatic nitrogens is 5. The molecule has 1 aromatic carbocycles. The van der Waals surface area contributed by atoms with Gasteiger partial charge in [-0.3, -0.25) is 5.41 Å². The zero-order chi connectivity index (χ0) is 24.4. The highest BCUT2D eigenvalue weighted by Crippen LogP contribution is 2.40. The van der Waals surface area contributed by atoms with E-state index >= 15 is 0 Å². The Morgan fingerprint density at radius 3 is 2.63 bits per heavy atom. The predicted molar refractivity (Wildman–Crippen MR) is 134 cm³/mol. The van der Waals surface area contributed by atoms with Crippen molar-refractivity contribution in [3.8, 4) is 16.8 Å². The van der Waals surface area contributed by atoms with Crippen molar-refractivity contribution in [2.24, 2.45) is 5.73 Å². The van der Waals surface area contributed by atoms with Crippen molar-refractivity contribution in [1.29, 1.82) is 5.41 Å². The van der Waals surface area contributed by atoms with Crippen molar-refractivity contribution < 1.29 is 9.47 Å². The van der Waals surface area contributed by atoms with Gasteiger partial charge in [-0.1, -0.05) is 18.2 Å². The van der Waals surface area contributed by atoms with E-state index in [2.05, 4.69) is 10.2 Å². The van der Waals surface area contributed by atoms with Crippen LogP contribution in [-0.4, -0.2) is 56.1 Å². The average Bonchev–Trinajstić information content (AvgIpc) is 3.53. The first-order valence-corrected chi connectivity index (χ1v) is 11.7. The standard InChI is InChI=1S/C25H30N8O2/c1-34-11-12-35-25(24(27)28)9-7-17(8-10-25)21-13-22(26)33-23(31-21)20(15-30-33)18-14-29-32(16-18)19-5-3-2-4-6-19/h2-6,13-17H,7-12,26H2,1H3,(H3,27,28). The fraction of sp³-hybridized carbons (Fsp3) is 0.360. The van der Waals surface area contributed by atoms with Gasteiger partial charge in [-0.2, -0.15) is 14.7 Å². The van der Waals surface area contributed by atoms with E-state index in [1.54, 1.807) is 17.8 Å². The van der Waals surface area contributed by atoms with E-state index in [4.69, 9.17) is 31.3 Å². The van der Waals surface area contributed by atoms with Gasteiger partial charge in [0.1, 0.15) is 17.3 Å². The normalized spacial score (nSPS) is 20.3. The zero-order valence-corrected chi connectivity index (χ0v) is 19.7. The fourth-order valence-corrected chi connectivity index (χ4v) is 4.79. The van der Waals surface area contributed by atoms with Crippen LogP contribution < -0.4 is 11.5 Å². The lowest BCUT2D eigenvalue weighted by Gasteiger charge is -2.39. The molecule has 0 saturated heterocycles. The van der Waals surface area contributed by atoms with Crippen molar-refractivity contribution in [2.75, 3.05) is 26.1 Å². The minimum Gasteiger partial charge on any atom is -0.385 e. The number of nitrogens with two attached hydrogens (primary N) is 2. The second kappa shape index (κ2) is 9.47. The van der Waals surface area contributed by atoms with Gasteiger partial charge in [0.05, 0.1) is 31.3 Å². The molecule has 10 nitrogen and oxygen atoms in total. The van der Waals surface area contributed by atoms with Crippen LogP contribution in [0.15, 0.2) is 55.0 Å². The first kappa shape index (κ1) is 23.0. The Labute approximate surface area is 203 Å². The zero-order valence-electron chi connectivity index (χ0n) is 19.7. The van der Waals surface area contributed by atoms with Crippen molar-refractivity contribution >= 4 is 17.3 Å². The molecule has 4 aromatic rings. The molecule has 182 valence electrons. The van der Waals surface area contributed by atoms with Gasteiger partial charge in [-0.15, -0.1) is 0 Å². The van der Waals surface area contributed by atoms with Crippen LogP contribution in [0.25, 0.3) is 22.5 Å². The molecule has 0 radical (unpaired) electrons. The highest BCUT2D eigenvalue weighted by Gasteiger charge is 2.40. The van der Waals surface area contributed by atoms with Crippen molar-refractivity contribution in [3.63, 3.8) is 0 Å². The molecule has 3 aromatic heterocycles. The molecular formula is C25H30N8O2. The van der Waals surface area contributed by atoms with E-state index < -0.39 is 5.60 Å². The van der Waals surface area contributed by atoms with Crippen LogP contribution >= 0.6 is 0 Å². The maximum absolute atomic E-state index is 8.11. The molecular weight excluding hydrogens is 444 g/mol. The summed E-state index contributed by atoms with van der Waals surface area (Å²) >= 11 is 0. The molecule has 1 aliphatic rings. The van der Waals surface area contributed by atoms with Crippen molar-refractivity contribution in [1.82, 2.24) is 24.4 Å². The van der Waals surface area contributed by atoms with Crippen LogP contribution in [0.2, 0.25) is 0 Å². The quantitative estimate of drug-likeness (QED) is 0.202. The molecule has 5 N–H and O–H groups in total. The number of para-hydroxylation sites is 1. The lowest BCUT2D eigenvalue weighted by atomic mass is 9.76. The average molecular weight is 475 g/mol. The maximum atomic E-state index is 8.11. The van der Waals surface area contributed by atoms with Gasteiger partial charge in [-0.25, -0.2) is 9.67 Å². The monoisotopic (exact) mass is 474 g/mol. The molecule has 5 rings (SSSR count). The van der Waals surface area contributed by atoms with Gasteiger partial charge < -0.3 is 20.9 Å². The second-order valence-corrected chi connectivity index (χ2v) is 8.93. The number of nitrogen functional groups attached to an aromatic ring is 1. The minimum atomic E-state index is -0.738. The van der Waals surface area contributed by atoms with E-state index in [1.807, 2.05) is 53.5 Å². The van der Waals surface area contributed by atoms with Crippen LogP contribution in [0.3, 0.4) is 0 Å². The number of methoxy groups -OCH3 is 1. The number of amidine groups is 1. The number of hydrogen-bond donors (Lipinski definition) is 3. The van der Waals surface area contributed by atoms with E-state index in [-0.39, 0.29) is 11.8 Å². The Bertz CT molecular complexity index is 1320. The summed E-state index contributed by atoms with van der Waals surface area (Å²) in [7, 11) is 1.63. The van der Waals surface area contributed by atoms with E-state index in [0.717, 1.165) is 35.3 Å². The molecule has 0 spiro atoms. The number of ether oxygens (including phenoxy) is 2. The third-order valence-electron chi connectivity index (χ3n) is 6.80. The Balaban J connectivity index is 1.41. The van der Waals surface area contributed by atoms with Crippen LogP contribution in [0, 0.1) is 5.41 Å². The Morgan fingerprint density at radius 1 is 1.14 bits per heavy atom. The lowest BCUT2D eigenvalue weighted by molar-refractivity contribution is -0.0424. The largest absolute Gasteiger partial charge is 0.385 e. The molecule has 0 unspecified atom stereocenters. The van der Waals surface area contributed by atoms with Gasteiger partial charge in [-0.05, 0) is 37.8 Å². The molecule has 10 heteroatoms. The summed E-state index contributed by atoms with van der Waals surface area (Å²) < 4.78 is 14.6.